The summed E-state index contributed by atoms with van der Waals surface area (Å²) in [4.78, 5) is 0. The SMILES string of the molecule is Cc1cccc(-c2nnc(CCCCl)s2)c1. The minimum absolute atomic E-state index is 0.680. The molecule has 0 atom stereocenters. The fraction of sp³-hybridized carbons (Fsp3) is 0.333. The van der Waals surface area contributed by atoms with Gasteiger partial charge < -0.3 is 0 Å². The van der Waals surface area contributed by atoms with Gasteiger partial charge in [0.2, 0.25) is 0 Å². The quantitative estimate of drug-likeness (QED) is 0.776. The van der Waals surface area contributed by atoms with Crippen molar-refractivity contribution in [3.8, 4) is 10.6 Å². The van der Waals surface area contributed by atoms with Crippen molar-refractivity contribution in [1.82, 2.24) is 10.2 Å². The molecule has 0 fully saturated rings. The summed E-state index contributed by atoms with van der Waals surface area (Å²) in [6, 6.07) is 8.33. The van der Waals surface area contributed by atoms with Crippen LogP contribution in [0.25, 0.3) is 10.6 Å². The van der Waals surface area contributed by atoms with E-state index in [1.807, 2.05) is 6.07 Å². The molecule has 0 amide bonds. The highest BCUT2D eigenvalue weighted by Gasteiger charge is 2.06. The van der Waals surface area contributed by atoms with Crippen molar-refractivity contribution < 1.29 is 0 Å². The van der Waals surface area contributed by atoms with Gasteiger partial charge in [-0.25, -0.2) is 0 Å². The second-order valence-corrected chi connectivity index (χ2v) is 5.10. The minimum atomic E-state index is 0.680. The molecule has 2 rings (SSSR count). The summed E-state index contributed by atoms with van der Waals surface area (Å²) >= 11 is 7.31. The summed E-state index contributed by atoms with van der Waals surface area (Å²) in [5, 5.41) is 10.4. The second kappa shape index (κ2) is 5.41. The Morgan fingerprint density at radius 3 is 2.94 bits per heavy atom. The summed E-state index contributed by atoms with van der Waals surface area (Å²) in [7, 11) is 0. The lowest BCUT2D eigenvalue weighted by Gasteiger charge is -1.96. The van der Waals surface area contributed by atoms with Crippen molar-refractivity contribution in [3.63, 3.8) is 0 Å². The number of aryl methyl sites for hydroxylation is 2. The zero-order valence-corrected chi connectivity index (χ0v) is 10.7. The zero-order chi connectivity index (χ0) is 11.4. The summed E-state index contributed by atoms with van der Waals surface area (Å²) < 4.78 is 0. The van der Waals surface area contributed by atoms with E-state index in [1.165, 1.54) is 5.56 Å². The van der Waals surface area contributed by atoms with Gasteiger partial charge in [0.25, 0.3) is 0 Å². The van der Waals surface area contributed by atoms with Gasteiger partial charge in [-0.15, -0.1) is 21.8 Å². The van der Waals surface area contributed by atoms with Crippen LogP contribution in [0.2, 0.25) is 0 Å². The van der Waals surface area contributed by atoms with Crippen molar-refractivity contribution in [2.24, 2.45) is 0 Å². The Labute approximate surface area is 104 Å². The van der Waals surface area contributed by atoms with E-state index >= 15 is 0 Å². The Bertz CT molecular complexity index is 468. The molecule has 0 aliphatic rings. The topological polar surface area (TPSA) is 25.8 Å². The van der Waals surface area contributed by atoms with Crippen LogP contribution in [-0.2, 0) is 6.42 Å². The largest absolute Gasteiger partial charge is 0.147 e. The molecule has 84 valence electrons. The summed E-state index contributed by atoms with van der Waals surface area (Å²) in [5.74, 6) is 0.680. The summed E-state index contributed by atoms with van der Waals surface area (Å²) in [5.41, 5.74) is 2.39. The molecule has 0 aliphatic carbocycles. The van der Waals surface area contributed by atoms with E-state index in [9.17, 15) is 0 Å². The molecule has 1 aromatic heterocycles. The normalized spacial score (nSPS) is 10.6. The summed E-state index contributed by atoms with van der Waals surface area (Å²) in [6.07, 6.45) is 1.89. The highest BCUT2D eigenvalue weighted by Crippen LogP contribution is 2.24. The van der Waals surface area contributed by atoms with Gasteiger partial charge >= 0.3 is 0 Å². The van der Waals surface area contributed by atoms with E-state index in [-0.39, 0.29) is 0 Å². The molecule has 0 radical (unpaired) electrons. The third kappa shape index (κ3) is 2.80. The maximum atomic E-state index is 5.65. The van der Waals surface area contributed by atoms with Crippen LogP contribution in [0.1, 0.15) is 17.0 Å². The molecule has 2 aromatic rings. The first-order chi connectivity index (χ1) is 7.79. The van der Waals surface area contributed by atoms with Gasteiger partial charge in [-0.1, -0.05) is 35.1 Å². The molecule has 1 heterocycles. The van der Waals surface area contributed by atoms with Gasteiger partial charge in [0, 0.05) is 17.9 Å². The van der Waals surface area contributed by atoms with E-state index in [1.54, 1.807) is 11.3 Å². The molecular weight excluding hydrogens is 240 g/mol. The van der Waals surface area contributed by atoms with Crippen LogP contribution in [0.15, 0.2) is 24.3 Å². The van der Waals surface area contributed by atoms with Crippen molar-refractivity contribution in [3.05, 3.63) is 34.8 Å². The fourth-order valence-corrected chi connectivity index (χ4v) is 2.48. The third-order valence-electron chi connectivity index (χ3n) is 2.26. The molecule has 16 heavy (non-hydrogen) atoms. The van der Waals surface area contributed by atoms with Crippen molar-refractivity contribution in [2.45, 2.75) is 19.8 Å². The highest BCUT2D eigenvalue weighted by atomic mass is 35.5. The number of hydrogen-bond acceptors (Lipinski definition) is 3. The predicted octanol–water partition coefficient (Wildman–Crippen LogP) is 3.68. The molecule has 0 unspecified atom stereocenters. The number of benzene rings is 1. The lowest BCUT2D eigenvalue weighted by Crippen LogP contribution is -1.84. The van der Waals surface area contributed by atoms with Gasteiger partial charge in [-0.3, -0.25) is 0 Å². The fourth-order valence-electron chi connectivity index (χ4n) is 1.47. The molecule has 4 heteroatoms. The standard InChI is InChI=1S/C12H13ClN2S/c1-9-4-2-5-10(8-9)12-15-14-11(16-12)6-3-7-13/h2,4-5,8H,3,6-7H2,1H3. The van der Waals surface area contributed by atoms with E-state index < -0.39 is 0 Å². The number of hydrogen-bond donors (Lipinski definition) is 0. The Morgan fingerprint density at radius 1 is 1.31 bits per heavy atom. The number of rotatable bonds is 4. The van der Waals surface area contributed by atoms with Crippen LogP contribution >= 0.6 is 22.9 Å². The number of nitrogens with zero attached hydrogens (tertiary/aromatic N) is 2. The first-order valence-electron chi connectivity index (χ1n) is 5.25. The van der Waals surface area contributed by atoms with Crippen LogP contribution in [0, 0.1) is 6.92 Å². The average Bonchev–Trinajstić information content (AvgIpc) is 2.75. The smallest absolute Gasteiger partial charge is 0.143 e. The highest BCUT2D eigenvalue weighted by molar-refractivity contribution is 7.14. The first kappa shape index (κ1) is 11.6. The Hall–Kier alpha value is -0.930. The van der Waals surface area contributed by atoms with Crippen LogP contribution < -0.4 is 0 Å². The van der Waals surface area contributed by atoms with Crippen LogP contribution in [-0.4, -0.2) is 16.1 Å². The lowest BCUT2D eigenvalue weighted by atomic mass is 10.1. The first-order valence-corrected chi connectivity index (χ1v) is 6.60. The Morgan fingerprint density at radius 2 is 2.19 bits per heavy atom. The van der Waals surface area contributed by atoms with E-state index in [0.29, 0.717) is 5.88 Å². The Balaban J connectivity index is 2.18. The van der Waals surface area contributed by atoms with E-state index in [0.717, 1.165) is 28.4 Å². The molecule has 0 aliphatic heterocycles. The van der Waals surface area contributed by atoms with Crippen LogP contribution in [0.5, 0.6) is 0 Å². The molecule has 0 saturated heterocycles. The molecule has 1 aromatic carbocycles. The monoisotopic (exact) mass is 252 g/mol. The molecular formula is C12H13ClN2S. The maximum Gasteiger partial charge on any atom is 0.147 e. The molecule has 2 nitrogen and oxygen atoms in total. The van der Waals surface area contributed by atoms with Crippen molar-refractivity contribution in [1.29, 1.82) is 0 Å². The number of halogens is 1. The van der Waals surface area contributed by atoms with E-state index in [2.05, 4.69) is 35.3 Å². The number of aromatic nitrogens is 2. The van der Waals surface area contributed by atoms with Gasteiger partial charge in [-0.2, -0.15) is 0 Å². The minimum Gasteiger partial charge on any atom is -0.143 e. The maximum absolute atomic E-state index is 5.65. The molecule has 0 spiro atoms. The van der Waals surface area contributed by atoms with Gasteiger partial charge in [0.15, 0.2) is 0 Å². The van der Waals surface area contributed by atoms with Gasteiger partial charge in [0.1, 0.15) is 10.0 Å². The zero-order valence-electron chi connectivity index (χ0n) is 9.11. The van der Waals surface area contributed by atoms with Crippen molar-refractivity contribution in [2.75, 3.05) is 5.88 Å². The van der Waals surface area contributed by atoms with Crippen LogP contribution in [0.3, 0.4) is 0 Å². The molecule has 0 bridgehead atoms. The van der Waals surface area contributed by atoms with Gasteiger partial charge in [0.05, 0.1) is 0 Å². The average molecular weight is 253 g/mol. The summed E-state index contributed by atoms with van der Waals surface area (Å²) in [6.45, 7) is 2.08. The third-order valence-corrected chi connectivity index (χ3v) is 3.56. The second-order valence-electron chi connectivity index (χ2n) is 3.66. The van der Waals surface area contributed by atoms with Gasteiger partial charge in [-0.05, 0) is 19.4 Å². The lowest BCUT2D eigenvalue weighted by molar-refractivity contribution is 0.884. The Kier molecular flexibility index (Phi) is 3.91. The molecule has 0 N–H and O–H groups in total. The number of alkyl halides is 1. The van der Waals surface area contributed by atoms with Crippen molar-refractivity contribution >= 4 is 22.9 Å². The van der Waals surface area contributed by atoms with E-state index in [4.69, 9.17) is 11.6 Å². The molecule has 0 saturated carbocycles. The van der Waals surface area contributed by atoms with Crippen LogP contribution in [0.4, 0.5) is 0 Å². The predicted molar refractivity (Wildman–Crippen MR) is 69.1 cm³/mol.